The van der Waals surface area contributed by atoms with Gasteiger partial charge < -0.3 is 10.6 Å². The number of quaternary nitrogens is 1. The van der Waals surface area contributed by atoms with Crippen molar-refractivity contribution in [1.29, 1.82) is 0 Å². The van der Waals surface area contributed by atoms with E-state index in [-0.39, 0.29) is 17.8 Å². The molecule has 0 aliphatic heterocycles. The zero-order chi connectivity index (χ0) is 11.4. The highest BCUT2D eigenvalue weighted by molar-refractivity contribution is 5.77. The molecule has 1 aromatic carbocycles. The van der Waals surface area contributed by atoms with Crippen LogP contribution in [0.15, 0.2) is 24.3 Å². The monoisotopic (exact) mass is 211 g/mol. The largest absolute Gasteiger partial charge is 0.365 e. The molecule has 0 aliphatic rings. The van der Waals surface area contributed by atoms with Crippen molar-refractivity contribution < 1.29 is 14.1 Å². The molecule has 1 amide bonds. The molecule has 0 fully saturated rings. The Labute approximate surface area is 88.7 Å². The number of nitrogens with one attached hydrogen (secondary N) is 1. The lowest BCUT2D eigenvalue weighted by Gasteiger charge is -2.19. The highest BCUT2D eigenvalue weighted by atomic mass is 19.1. The van der Waals surface area contributed by atoms with E-state index >= 15 is 0 Å². The van der Waals surface area contributed by atoms with Crippen LogP contribution >= 0.6 is 0 Å². The van der Waals surface area contributed by atoms with Gasteiger partial charge in [0.15, 0.2) is 6.04 Å². The molecule has 1 unspecified atom stereocenters. The molecule has 1 rings (SSSR count). The third kappa shape index (κ3) is 3.02. The van der Waals surface area contributed by atoms with Gasteiger partial charge in [-0.15, -0.1) is 0 Å². The number of carbonyl (C=O) groups excluding carboxylic acids is 1. The van der Waals surface area contributed by atoms with Gasteiger partial charge >= 0.3 is 0 Å². The molecule has 1 aromatic rings. The molecule has 2 atom stereocenters. The summed E-state index contributed by atoms with van der Waals surface area (Å²) in [4.78, 5) is 11.8. The van der Waals surface area contributed by atoms with E-state index in [1.54, 1.807) is 25.1 Å². The highest BCUT2D eigenvalue weighted by Gasteiger charge is 2.19. The second-order valence-corrected chi connectivity index (χ2v) is 3.74. The van der Waals surface area contributed by atoms with Crippen LogP contribution in [0, 0.1) is 5.82 Å². The molecule has 3 N–H and O–H groups in total. The van der Waals surface area contributed by atoms with Crippen molar-refractivity contribution in [3.05, 3.63) is 35.6 Å². The van der Waals surface area contributed by atoms with E-state index in [0.717, 1.165) is 4.90 Å². The Morgan fingerprint density at radius 3 is 2.67 bits per heavy atom. The molecular weight excluding hydrogens is 195 g/mol. The standard InChI is InChI=1S/C11H15FN2O/c1-8(11(13)15)14(2)7-9-5-3-4-6-10(9)12/h3-6,8H,7H2,1-2H3,(H2,13,15)/p+1/t8-/m1/s1. The van der Waals surface area contributed by atoms with E-state index in [0.29, 0.717) is 12.1 Å². The number of benzene rings is 1. The molecule has 0 saturated carbocycles. The first-order chi connectivity index (χ1) is 7.02. The van der Waals surface area contributed by atoms with Crippen LogP contribution in [0.25, 0.3) is 0 Å². The number of nitrogens with two attached hydrogens (primary N) is 1. The van der Waals surface area contributed by atoms with E-state index in [4.69, 9.17) is 5.73 Å². The summed E-state index contributed by atoms with van der Waals surface area (Å²) in [6.07, 6.45) is 0. The van der Waals surface area contributed by atoms with Crippen LogP contribution in [0.4, 0.5) is 4.39 Å². The zero-order valence-electron chi connectivity index (χ0n) is 8.96. The lowest BCUT2D eigenvalue weighted by Crippen LogP contribution is -3.12. The molecule has 82 valence electrons. The fourth-order valence-electron chi connectivity index (χ4n) is 1.34. The summed E-state index contributed by atoms with van der Waals surface area (Å²) in [6, 6.07) is 6.24. The fraction of sp³-hybridized carbons (Fsp3) is 0.364. The van der Waals surface area contributed by atoms with Gasteiger partial charge in [0.2, 0.25) is 0 Å². The maximum Gasteiger partial charge on any atom is 0.275 e. The topological polar surface area (TPSA) is 47.5 Å². The lowest BCUT2D eigenvalue weighted by molar-refractivity contribution is -0.908. The number of hydrogen-bond donors (Lipinski definition) is 2. The van der Waals surface area contributed by atoms with Crippen molar-refractivity contribution in [3.63, 3.8) is 0 Å². The van der Waals surface area contributed by atoms with Gasteiger partial charge in [-0.1, -0.05) is 18.2 Å². The summed E-state index contributed by atoms with van der Waals surface area (Å²) in [5, 5.41) is 0. The van der Waals surface area contributed by atoms with E-state index in [9.17, 15) is 9.18 Å². The normalized spacial score (nSPS) is 14.6. The number of carbonyl (C=O) groups is 1. The van der Waals surface area contributed by atoms with Gasteiger partial charge in [0.05, 0.1) is 7.05 Å². The van der Waals surface area contributed by atoms with Crippen LogP contribution < -0.4 is 10.6 Å². The van der Waals surface area contributed by atoms with Crippen molar-refractivity contribution in [1.82, 2.24) is 0 Å². The number of halogens is 1. The third-order valence-electron chi connectivity index (χ3n) is 2.59. The van der Waals surface area contributed by atoms with Gasteiger partial charge in [0, 0.05) is 5.56 Å². The van der Waals surface area contributed by atoms with Crippen molar-refractivity contribution in [2.24, 2.45) is 5.73 Å². The molecule has 0 heterocycles. The molecule has 0 saturated heterocycles. The smallest absolute Gasteiger partial charge is 0.275 e. The first kappa shape index (κ1) is 11.7. The Morgan fingerprint density at radius 1 is 1.53 bits per heavy atom. The predicted molar refractivity (Wildman–Crippen MR) is 55.6 cm³/mol. The van der Waals surface area contributed by atoms with E-state index in [1.807, 2.05) is 7.05 Å². The van der Waals surface area contributed by atoms with Crippen LogP contribution in [-0.4, -0.2) is 19.0 Å². The van der Waals surface area contributed by atoms with E-state index in [1.165, 1.54) is 6.07 Å². The molecule has 3 nitrogen and oxygen atoms in total. The summed E-state index contributed by atoms with van der Waals surface area (Å²) < 4.78 is 13.3. The van der Waals surface area contributed by atoms with Crippen molar-refractivity contribution >= 4 is 5.91 Å². The quantitative estimate of drug-likeness (QED) is 0.706. The second kappa shape index (κ2) is 4.89. The summed E-state index contributed by atoms with van der Waals surface area (Å²) in [7, 11) is 1.82. The minimum atomic E-state index is -0.371. The summed E-state index contributed by atoms with van der Waals surface area (Å²) in [6.45, 7) is 2.19. The zero-order valence-corrected chi connectivity index (χ0v) is 8.96. The number of rotatable bonds is 4. The van der Waals surface area contributed by atoms with Gasteiger partial charge in [-0.25, -0.2) is 4.39 Å². The van der Waals surface area contributed by atoms with Gasteiger partial charge in [-0.2, -0.15) is 0 Å². The maximum atomic E-state index is 13.3. The summed E-state index contributed by atoms with van der Waals surface area (Å²) in [5.74, 6) is -0.614. The molecular formula is C11H16FN2O+. The number of hydrogen-bond acceptors (Lipinski definition) is 1. The fourth-order valence-corrected chi connectivity index (χ4v) is 1.34. The Bertz CT molecular complexity index is 354. The molecule has 0 aromatic heterocycles. The number of likely N-dealkylation sites (N-methyl/N-ethyl adjacent to an activating group) is 1. The van der Waals surface area contributed by atoms with Gasteiger partial charge in [-0.3, -0.25) is 4.79 Å². The van der Waals surface area contributed by atoms with Crippen LogP contribution in [-0.2, 0) is 11.3 Å². The van der Waals surface area contributed by atoms with Crippen LogP contribution in [0.5, 0.6) is 0 Å². The second-order valence-electron chi connectivity index (χ2n) is 3.74. The van der Waals surface area contributed by atoms with Crippen molar-refractivity contribution in [2.75, 3.05) is 7.05 Å². The minimum Gasteiger partial charge on any atom is -0.365 e. The minimum absolute atomic E-state index is 0.242. The Morgan fingerprint density at radius 2 is 2.13 bits per heavy atom. The van der Waals surface area contributed by atoms with Crippen molar-refractivity contribution in [2.45, 2.75) is 19.5 Å². The summed E-state index contributed by atoms with van der Waals surface area (Å²) in [5.41, 5.74) is 5.78. The first-order valence-electron chi connectivity index (χ1n) is 4.87. The first-order valence-corrected chi connectivity index (χ1v) is 4.87. The van der Waals surface area contributed by atoms with Crippen LogP contribution in [0.3, 0.4) is 0 Å². The van der Waals surface area contributed by atoms with Gasteiger partial charge in [0.25, 0.3) is 5.91 Å². The van der Waals surface area contributed by atoms with E-state index < -0.39 is 0 Å². The van der Waals surface area contributed by atoms with Crippen LogP contribution in [0.1, 0.15) is 12.5 Å². The molecule has 0 bridgehead atoms. The number of primary amides is 1. The van der Waals surface area contributed by atoms with Crippen LogP contribution in [0.2, 0.25) is 0 Å². The molecule has 0 spiro atoms. The average molecular weight is 211 g/mol. The lowest BCUT2D eigenvalue weighted by atomic mass is 10.2. The number of amides is 1. The summed E-state index contributed by atoms with van der Waals surface area (Å²) >= 11 is 0. The van der Waals surface area contributed by atoms with E-state index in [2.05, 4.69) is 0 Å². The Kier molecular flexibility index (Phi) is 3.80. The predicted octanol–water partition coefficient (Wildman–Crippen LogP) is -0.286. The maximum absolute atomic E-state index is 13.3. The SMILES string of the molecule is C[C@H](C(N)=O)[NH+](C)Cc1ccccc1F. The Hall–Kier alpha value is -1.42. The van der Waals surface area contributed by atoms with Gasteiger partial charge in [-0.05, 0) is 13.0 Å². The molecule has 4 heteroatoms. The highest BCUT2D eigenvalue weighted by Crippen LogP contribution is 2.04. The molecule has 15 heavy (non-hydrogen) atoms. The average Bonchev–Trinajstić information content (AvgIpc) is 2.20. The Balaban J connectivity index is 2.70. The molecule has 0 aliphatic carbocycles. The molecule has 0 radical (unpaired) electrons. The third-order valence-corrected chi connectivity index (χ3v) is 2.59. The van der Waals surface area contributed by atoms with Gasteiger partial charge in [0.1, 0.15) is 12.4 Å². The van der Waals surface area contributed by atoms with Crippen molar-refractivity contribution in [3.8, 4) is 0 Å².